The number of hydrogen-bond donors (Lipinski definition) is 0. The van der Waals surface area contributed by atoms with Crippen LogP contribution in [0.2, 0.25) is 0 Å². The van der Waals surface area contributed by atoms with Gasteiger partial charge in [-0.1, -0.05) is 61.2 Å². The van der Waals surface area contributed by atoms with E-state index in [2.05, 4.69) is 95.4 Å². The van der Waals surface area contributed by atoms with Crippen molar-refractivity contribution in [3.8, 4) is 11.4 Å². The van der Waals surface area contributed by atoms with Crippen molar-refractivity contribution in [3.05, 3.63) is 102 Å². The van der Waals surface area contributed by atoms with Crippen molar-refractivity contribution < 1.29 is 0 Å². The predicted octanol–water partition coefficient (Wildman–Crippen LogP) is 7.85. The zero-order chi connectivity index (χ0) is 21.5. The van der Waals surface area contributed by atoms with Gasteiger partial charge in [0.25, 0.3) is 0 Å². The van der Waals surface area contributed by atoms with E-state index in [9.17, 15) is 0 Å². The summed E-state index contributed by atoms with van der Waals surface area (Å²) >= 11 is 3.54. The average Bonchev–Trinajstić information content (AvgIpc) is 3.42. The van der Waals surface area contributed by atoms with Crippen molar-refractivity contribution in [2.45, 2.75) is 0 Å². The van der Waals surface area contributed by atoms with Crippen LogP contribution in [0.3, 0.4) is 0 Å². The molecule has 0 aliphatic rings. The summed E-state index contributed by atoms with van der Waals surface area (Å²) in [4.78, 5) is 14.8. The molecule has 0 radical (unpaired) electrons. The molecule has 0 amide bonds. The van der Waals surface area contributed by atoms with Gasteiger partial charge in [0, 0.05) is 40.9 Å². The minimum atomic E-state index is 0.624. The van der Waals surface area contributed by atoms with E-state index in [0.29, 0.717) is 11.6 Å². The standard InChI is InChI=1S/C27H17N3S2/c1-2-17(13-20-14-18-7-3-5-9-23(18)31-20)26-28-16-29-27(30-26)19-11-12-22-21-8-4-6-10-24(21)32-25(22)15-19/h2-16H,1H2/b17-13+. The van der Waals surface area contributed by atoms with Crippen LogP contribution in [0, 0.1) is 0 Å². The predicted molar refractivity (Wildman–Crippen MR) is 138 cm³/mol. The van der Waals surface area contributed by atoms with Gasteiger partial charge in [0.2, 0.25) is 0 Å². The lowest BCUT2D eigenvalue weighted by Crippen LogP contribution is -1.97. The Morgan fingerprint density at radius 1 is 0.781 bits per heavy atom. The molecule has 0 aliphatic heterocycles. The van der Waals surface area contributed by atoms with Gasteiger partial charge in [-0.15, -0.1) is 22.7 Å². The molecule has 0 saturated carbocycles. The summed E-state index contributed by atoms with van der Waals surface area (Å²) in [6.45, 7) is 3.99. The molecule has 0 saturated heterocycles. The van der Waals surface area contributed by atoms with Crippen LogP contribution in [0.4, 0.5) is 0 Å². The fourth-order valence-electron chi connectivity index (χ4n) is 3.88. The third-order valence-corrected chi connectivity index (χ3v) is 7.63. The number of rotatable bonds is 4. The van der Waals surface area contributed by atoms with E-state index >= 15 is 0 Å². The van der Waals surface area contributed by atoms with Gasteiger partial charge in [-0.05, 0) is 35.7 Å². The van der Waals surface area contributed by atoms with Gasteiger partial charge in [-0.3, -0.25) is 0 Å². The maximum Gasteiger partial charge on any atom is 0.163 e. The molecule has 0 N–H and O–H groups in total. The third-order valence-electron chi connectivity index (χ3n) is 5.43. The highest BCUT2D eigenvalue weighted by molar-refractivity contribution is 7.25. The number of aromatic nitrogens is 3. The maximum absolute atomic E-state index is 4.77. The minimum absolute atomic E-state index is 0.624. The topological polar surface area (TPSA) is 38.7 Å². The van der Waals surface area contributed by atoms with Gasteiger partial charge in [-0.25, -0.2) is 15.0 Å². The van der Waals surface area contributed by atoms with Gasteiger partial charge in [0.15, 0.2) is 11.6 Å². The Morgan fingerprint density at radius 3 is 2.47 bits per heavy atom. The van der Waals surface area contributed by atoms with Crippen molar-refractivity contribution >= 4 is 64.6 Å². The summed E-state index contributed by atoms with van der Waals surface area (Å²) < 4.78 is 3.78. The first kappa shape index (κ1) is 19.0. The SMILES string of the molecule is C=C/C(=C\c1cc2ccccc2s1)c1ncnc(-c2ccc3c(c2)sc2ccccc23)n1. The molecule has 32 heavy (non-hydrogen) atoms. The Balaban J connectivity index is 1.41. The second-order valence-corrected chi connectivity index (χ2v) is 9.63. The Hall–Kier alpha value is -3.67. The highest BCUT2D eigenvalue weighted by Gasteiger charge is 2.11. The van der Waals surface area contributed by atoms with Gasteiger partial charge >= 0.3 is 0 Å². The molecule has 3 aromatic carbocycles. The molecule has 3 aromatic heterocycles. The number of fused-ring (bicyclic) bond motifs is 4. The van der Waals surface area contributed by atoms with E-state index in [1.807, 2.05) is 0 Å². The summed E-state index contributed by atoms with van der Waals surface area (Å²) in [7, 11) is 0. The smallest absolute Gasteiger partial charge is 0.163 e. The molecule has 0 spiro atoms. The first-order valence-corrected chi connectivity index (χ1v) is 11.9. The van der Waals surface area contributed by atoms with E-state index in [0.717, 1.165) is 16.0 Å². The van der Waals surface area contributed by atoms with Crippen LogP contribution >= 0.6 is 22.7 Å². The molecular weight excluding hydrogens is 430 g/mol. The lowest BCUT2D eigenvalue weighted by atomic mass is 10.1. The second kappa shape index (κ2) is 7.79. The maximum atomic E-state index is 4.77. The van der Waals surface area contributed by atoms with Gasteiger partial charge in [-0.2, -0.15) is 0 Å². The second-order valence-electron chi connectivity index (χ2n) is 7.43. The van der Waals surface area contributed by atoms with Crippen molar-refractivity contribution in [2.24, 2.45) is 0 Å². The van der Waals surface area contributed by atoms with Crippen LogP contribution in [0.1, 0.15) is 10.7 Å². The van der Waals surface area contributed by atoms with Crippen molar-refractivity contribution in [1.82, 2.24) is 15.0 Å². The Morgan fingerprint density at radius 2 is 1.59 bits per heavy atom. The van der Waals surface area contributed by atoms with Crippen LogP contribution in [-0.2, 0) is 0 Å². The lowest BCUT2D eigenvalue weighted by molar-refractivity contribution is 1.03. The molecule has 0 aliphatic carbocycles. The van der Waals surface area contributed by atoms with E-state index < -0.39 is 0 Å². The molecule has 152 valence electrons. The zero-order valence-corrected chi connectivity index (χ0v) is 18.7. The largest absolute Gasteiger partial charge is 0.217 e. The summed E-state index contributed by atoms with van der Waals surface area (Å²) in [6.07, 6.45) is 5.47. The first-order valence-electron chi connectivity index (χ1n) is 10.2. The zero-order valence-electron chi connectivity index (χ0n) is 17.0. The number of benzene rings is 3. The summed E-state index contributed by atoms with van der Waals surface area (Å²) in [6, 6.07) is 25.5. The third kappa shape index (κ3) is 3.32. The Kier molecular flexibility index (Phi) is 4.63. The van der Waals surface area contributed by atoms with Crippen LogP contribution in [-0.4, -0.2) is 15.0 Å². The number of thiophene rings is 2. The molecule has 0 atom stereocenters. The average molecular weight is 448 g/mol. The Labute approximate surface area is 193 Å². The fourth-order valence-corrected chi connectivity index (χ4v) is 6.04. The van der Waals surface area contributed by atoms with E-state index in [1.165, 1.54) is 30.3 Å². The number of nitrogens with zero attached hydrogens (tertiary/aromatic N) is 3. The molecule has 6 aromatic rings. The van der Waals surface area contributed by atoms with Crippen molar-refractivity contribution in [3.63, 3.8) is 0 Å². The van der Waals surface area contributed by atoms with Crippen molar-refractivity contribution in [1.29, 1.82) is 0 Å². The normalized spacial score (nSPS) is 12.1. The Bertz CT molecular complexity index is 1620. The number of allylic oxidation sites excluding steroid dienone is 2. The van der Waals surface area contributed by atoms with Crippen LogP contribution in [0.25, 0.3) is 53.3 Å². The minimum Gasteiger partial charge on any atom is -0.217 e. The van der Waals surface area contributed by atoms with Crippen LogP contribution < -0.4 is 0 Å². The van der Waals surface area contributed by atoms with E-state index in [1.54, 1.807) is 35.1 Å². The molecule has 3 nitrogen and oxygen atoms in total. The van der Waals surface area contributed by atoms with Gasteiger partial charge < -0.3 is 0 Å². The quantitative estimate of drug-likeness (QED) is 0.258. The number of hydrogen-bond acceptors (Lipinski definition) is 5. The molecular formula is C27H17N3S2. The molecule has 6 rings (SSSR count). The van der Waals surface area contributed by atoms with Crippen LogP contribution in [0.5, 0.6) is 0 Å². The van der Waals surface area contributed by atoms with Gasteiger partial charge in [0.05, 0.1) is 0 Å². The molecule has 0 fully saturated rings. The molecule has 5 heteroatoms. The highest BCUT2D eigenvalue weighted by atomic mass is 32.1. The van der Waals surface area contributed by atoms with E-state index in [-0.39, 0.29) is 0 Å². The molecule has 0 unspecified atom stereocenters. The van der Waals surface area contributed by atoms with Crippen LogP contribution in [0.15, 0.2) is 91.8 Å². The summed E-state index contributed by atoms with van der Waals surface area (Å²) in [5.41, 5.74) is 1.86. The lowest BCUT2D eigenvalue weighted by Gasteiger charge is -2.04. The van der Waals surface area contributed by atoms with E-state index in [4.69, 9.17) is 4.98 Å². The molecule has 0 bridgehead atoms. The summed E-state index contributed by atoms with van der Waals surface area (Å²) in [5.74, 6) is 1.29. The fraction of sp³-hybridized carbons (Fsp3) is 0. The highest BCUT2D eigenvalue weighted by Crippen LogP contribution is 2.35. The monoisotopic (exact) mass is 447 g/mol. The summed E-state index contributed by atoms with van der Waals surface area (Å²) in [5, 5.41) is 3.79. The first-order chi connectivity index (χ1) is 15.8. The van der Waals surface area contributed by atoms with Gasteiger partial charge in [0.1, 0.15) is 6.33 Å². The molecule has 3 heterocycles. The van der Waals surface area contributed by atoms with Crippen molar-refractivity contribution in [2.75, 3.05) is 0 Å².